The van der Waals surface area contributed by atoms with Crippen LogP contribution in [0.3, 0.4) is 0 Å². The minimum atomic E-state index is -3.75. The maximum absolute atomic E-state index is 13.8. The van der Waals surface area contributed by atoms with Crippen LogP contribution in [0.1, 0.15) is 40.5 Å². The number of aromatic hydroxyl groups is 1. The fraction of sp³-hybridized carbons (Fsp3) is 0.478. The number of esters is 1. The number of nitrogen functional groups attached to an aromatic ring is 1. The molecule has 3 rings (SSSR count). The Morgan fingerprint density at radius 2 is 1.89 bits per heavy atom. The number of imidazole rings is 1. The van der Waals surface area contributed by atoms with Crippen molar-refractivity contribution in [2.24, 2.45) is 0 Å². The molecule has 36 heavy (non-hydrogen) atoms. The molecule has 4 atom stereocenters. The molecule has 4 N–H and O–H groups in total. The number of nitrogens with one attached hydrogen (secondary N) is 1. The van der Waals surface area contributed by atoms with E-state index in [1.165, 1.54) is 30.6 Å². The maximum Gasteiger partial charge on any atom is 0.342 e. The monoisotopic (exact) mass is 520 g/mol. The van der Waals surface area contributed by atoms with E-state index in [9.17, 15) is 14.5 Å². The van der Waals surface area contributed by atoms with Crippen LogP contribution in [0, 0.1) is 0 Å². The van der Waals surface area contributed by atoms with E-state index >= 15 is 0 Å². The first-order valence-electron chi connectivity index (χ1n) is 11.7. The number of benzene rings is 1. The summed E-state index contributed by atoms with van der Waals surface area (Å²) in [4.78, 5) is 24.9. The summed E-state index contributed by atoms with van der Waals surface area (Å²) in [5.41, 5.74) is 6.88. The molecule has 196 valence electrons. The number of carbonyl (C=O) groups is 1. The van der Waals surface area contributed by atoms with Crippen LogP contribution >= 0.6 is 7.52 Å². The van der Waals surface area contributed by atoms with Gasteiger partial charge in [0.15, 0.2) is 11.5 Å². The van der Waals surface area contributed by atoms with Crippen LogP contribution in [0.15, 0.2) is 36.9 Å². The third kappa shape index (κ3) is 7.39. The number of nitrogens with zero attached hydrogens (tertiary/aromatic N) is 4. The second-order valence-corrected chi connectivity index (χ2v) is 10.6. The molecule has 0 radical (unpaired) electrons. The fourth-order valence-electron chi connectivity index (χ4n) is 3.47. The van der Waals surface area contributed by atoms with Crippen molar-refractivity contribution in [2.45, 2.75) is 65.3 Å². The number of rotatable bonds is 13. The first kappa shape index (κ1) is 27.4. The van der Waals surface area contributed by atoms with Crippen LogP contribution in [0.5, 0.6) is 11.5 Å². The van der Waals surface area contributed by atoms with Crippen LogP contribution < -0.4 is 15.3 Å². The van der Waals surface area contributed by atoms with E-state index in [1.807, 2.05) is 13.8 Å². The van der Waals surface area contributed by atoms with E-state index in [0.717, 1.165) is 12.8 Å². The lowest BCUT2D eigenvalue weighted by atomic mass is 10.2. The van der Waals surface area contributed by atoms with Gasteiger partial charge in [-0.15, -0.1) is 0 Å². The van der Waals surface area contributed by atoms with E-state index in [4.69, 9.17) is 19.7 Å². The summed E-state index contributed by atoms with van der Waals surface area (Å²) in [6.07, 6.45) is 3.51. The van der Waals surface area contributed by atoms with Gasteiger partial charge >= 0.3 is 13.5 Å². The van der Waals surface area contributed by atoms with Gasteiger partial charge in [0.05, 0.1) is 25.1 Å². The highest BCUT2D eigenvalue weighted by Crippen LogP contribution is 2.44. The van der Waals surface area contributed by atoms with Gasteiger partial charge in [0.1, 0.15) is 35.7 Å². The lowest BCUT2D eigenvalue weighted by molar-refractivity contribution is -0.150. The number of ether oxygens (including phenoxy) is 2. The summed E-state index contributed by atoms with van der Waals surface area (Å²) in [5, 5.41) is 12.3. The van der Waals surface area contributed by atoms with Crippen LogP contribution in [0.25, 0.3) is 11.2 Å². The molecule has 13 heteroatoms. The smallest absolute Gasteiger partial charge is 0.342 e. The highest BCUT2D eigenvalue weighted by Gasteiger charge is 2.32. The molecule has 0 saturated carbocycles. The molecule has 0 amide bonds. The first-order valence-corrected chi connectivity index (χ1v) is 13.5. The maximum atomic E-state index is 13.8. The van der Waals surface area contributed by atoms with E-state index < -0.39 is 25.6 Å². The van der Waals surface area contributed by atoms with Crippen LogP contribution in [-0.2, 0) is 25.4 Å². The predicted molar refractivity (Wildman–Crippen MR) is 135 cm³/mol. The highest BCUT2D eigenvalue weighted by atomic mass is 31.2. The SMILES string of the molecule is CCC[C@H](C)OC(=O)[C@H](C)NP(=O)(CO[C@H](C)Cn1cnc2c(N)ncnc21)Oc1ccc(O)cc1. The number of hydrogen-bond donors (Lipinski definition) is 3. The van der Waals surface area contributed by atoms with Crippen molar-refractivity contribution in [3.8, 4) is 11.5 Å². The summed E-state index contributed by atoms with van der Waals surface area (Å²) >= 11 is 0. The molecule has 2 heterocycles. The fourth-order valence-corrected chi connectivity index (χ4v) is 5.26. The predicted octanol–water partition coefficient (Wildman–Crippen LogP) is 3.46. The number of fused-ring (bicyclic) bond motifs is 1. The van der Waals surface area contributed by atoms with Crippen molar-refractivity contribution in [2.75, 3.05) is 12.1 Å². The van der Waals surface area contributed by atoms with Crippen molar-refractivity contribution in [3.05, 3.63) is 36.9 Å². The van der Waals surface area contributed by atoms with E-state index in [0.29, 0.717) is 17.7 Å². The minimum absolute atomic E-state index is 0.0360. The molecule has 0 fully saturated rings. The van der Waals surface area contributed by atoms with Crippen molar-refractivity contribution in [1.82, 2.24) is 24.6 Å². The quantitative estimate of drug-likeness (QED) is 0.223. The van der Waals surface area contributed by atoms with Gasteiger partial charge in [-0.05, 0) is 51.5 Å². The summed E-state index contributed by atoms with van der Waals surface area (Å²) in [6, 6.07) is 4.85. The molecule has 2 aromatic heterocycles. The van der Waals surface area contributed by atoms with Gasteiger partial charge in [-0.1, -0.05) is 13.3 Å². The zero-order valence-corrected chi connectivity index (χ0v) is 21.7. The third-order valence-electron chi connectivity index (χ3n) is 5.26. The topological polar surface area (TPSA) is 164 Å². The summed E-state index contributed by atoms with van der Waals surface area (Å²) in [5.74, 6) is 0.0135. The second kappa shape index (κ2) is 12.2. The molecule has 0 spiro atoms. The van der Waals surface area contributed by atoms with Gasteiger partial charge in [0.25, 0.3) is 0 Å². The molecule has 0 bridgehead atoms. The highest BCUT2D eigenvalue weighted by molar-refractivity contribution is 7.57. The second-order valence-electron chi connectivity index (χ2n) is 8.58. The number of phenols is 1. The third-order valence-corrected chi connectivity index (χ3v) is 7.03. The molecule has 3 aromatic rings. The van der Waals surface area contributed by atoms with Crippen molar-refractivity contribution in [1.29, 1.82) is 0 Å². The minimum Gasteiger partial charge on any atom is -0.508 e. The number of anilines is 1. The Morgan fingerprint density at radius 3 is 2.58 bits per heavy atom. The largest absolute Gasteiger partial charge is 0.508 e. The molecule has 0 saturated heterocycles. The van der Waals surface area contributed by atoms with Gasteiger partial charge in [0.2, 0.25) is 0 Å². The summed E-state index contributed by atoms with van der Waals surface area (Å²) in [7, 11) is -3.75. The Bertz CT molecular complexity index is 1200. The molecule has 0 aliphatic carbocycles. The molecular formula is C23H33N6O6P. The van der Waals surface area contributed by atoms with Gasteiger partial charge in [0, 0.05) is 0 Å². The van der Waals surface area contributed by atoms with Gasteiger partial charge < -0.3 is 29.4 Å². The van der Waals surface area contributed by atoms with Crippen molar-refractivity contribution < 1.29 is 28.5 Å². The zero-order chi connectivity index (χ0) is 26.3. The Morgan fingerprint density at radius 1 is 1.17 bits per heavy atom. The van der Waals surface area contributed by atoms with E-state index in [-0.39, 0.29) is 29.8 Å². The Balaban J connectivity index is 1.70. The lowest BCUT2D eigenvalue weighted by Crippen LogP contribution is -2.37. The molecular weight excluding hydrogens is 487 g/mol. The van der Waals surface area contributed by atoms with E-state index in [1.54, 1.807) is 24.7 Å². The molecule has 1 aromatic carbocycles. The molecule has 1 unspecified atom stereocenters. The number of phenolic OH excluding ortho intramolecular Hbond substituents is 1. The Hall–Kier alpha value is -3.21. The van der Waals surface area contributed by atoms with Gasteiger partial charge in [-0.3, -0.25) is 9.36 Å². The molecule has 12 nitrogen and oxygen atoms in total. The number of aromatic nitrogens is 4. The van der Waals surface area contributed by atoms with Gasteiger partial charge in [-0.25, -0.2) is 20.0 Å². The number of hydrogen-bond acceptors (Lipinski definition) is 10. The Kier molecular flexibility index (Phi) is 9.25. The van der Waals surface area contributed by atoms with Crippen molar-refractivity contribution in [3.63, 3.8) is 0 Å². The average molecular weight is 521 g/mol. The average Bonchev–Trinajstić information content (AvgIpc) is 3.23. The molecule has 0 aliphatic heterocycles. The first-order chi connectivity index (χ1) is 17.1. The van der Waals surface area contributed by atoms with Crippen molar-refractivity contribution >= 4 is 30.5 Å². The van der Waals surface area contributed by atoms with Gasteiger partial charge in [-0.2, -0.15) is 0 Å². The van der Waals surface area contributed by atoms with Crippen LogP contribution in [0.4, 0.5) is 5.82 Å². The lowest BCUT2D eigenvalue weighted by Gasteiger charge is -2.25. The molecule has 0 aliphatic rings. The standard InChI is InChI=1S/C23H33N6O6P/c1-5-6-15(2)34-23(31)17(4)28-36(32,35-19-9-7-18(30)8-10-19)14-33-16(3)11-29-13-27-20-21(24)25-12-26-22(20)29/h7-10,12-13,15-17,30H,5-6,11,14H2,1-4H3,(H,28,32)(H2,24,25,26)/t15-,16+,17-,36?/m0/s1. The van der Waals surface area contributed by atoms with Crippen LogP contribution in [-0.4, -0.2) is 55.2 Å². The summed E-state index contributed by atoms with van der Waals surface area (Å²) in [6.45, 7) is 7.51. The van der Waals surface area contributed by atoms with Crippen LogP contribution in [0.2, 0.25) is 0 Å². The van der Waals surface area contributed by atoms with E-state index in [2.05, 4.69) is 20.0 Å². The number of carbonyl (C=O) groups excluding carboxylic acids is 1. The summed E-state index contributed by atoms with van der Waals surface area (Å²) < 4.78 is 32.6. The number of nitrogens with two attached hydrogens (primary N) is 1. The Labute approximate surface area is 209 Å². The normalized spacial score (nSPS) is 15.7. The zero-order valence-electron chi connectivity index (χ0n) is 20.8.